The molecule has 0 atom stereocenters. The number of alkyl halides is 2. The molecule has 2 saturated heterocycles. The number of imidazole rings is 1. The van der Waals surface area contributed by atoms with Crippen LogP contribution in [0.4, 0.5) is 8.78 Å². The molecular formula is C21H29F2N3O3S. The SMILES string of the molecule is CC(C)(C)c1nc2cc(S(=O)(=O)N3CCC(F)(F)C3)ccc2n1CC1CCOCC1. The first-order valence-corrected chi connectivity index (χ1v) is 11.9. The molecule has 0 amide bonds. The normalized spacial score (nSPS) is 21.5. The van der Waals surface area contributed by atoms with Crippen molar-refractivity contribution in [2.24, 2.45) is 5.92 Å². The minimum absolute atomic E-state index is 0.0175. The lowest BCUT2D eigenvalue weighted by atomic mass is 9.94. The van der Waals surface area contributed by atoms with E-state index in [2.05, 4.69) is 25.3 Å². The van der Waals surface area contributed by atoms with Gasteiger partial charge in [0.25, 0.3) is 5.92 Å². The van der Waals surface area contributed by atoms with Gasteiger partial charge in [0, 0.05) is 38.1 Å². The summed E-state index contributed by atoms with van der Waals surface area (Å²) in [5.74, 6) is -1.60. The summed E-state index contributed by atoms with van der Waals surface area (Å²) in [7, 11) is -3.98. The number of benzene rings is 1. The minimum Gasteiger partial charge on any atom is -0.381 e. The van der Waals surface area contributed by atoms with Crippen molar-refractivity contribution < 1.29 is 21.9 Å². The molecule has 6 nitrogen and oxygen atoms in total. The van der Waals surface area contributed by atoms with Crippen LogP contribution in [0.15, 0.2) is 23.1 Å². The number of halogens is 2. The van der Waals surface area contributed by atoms with E-state index < -0.39 is 28.9 Å². The summed E-state index contributed by atoms with van der Waals surface area (Å²) in [5.41, 5.74) is 1.23. The van der Waals surface area contributed by atoms with Crippen LogP contribution in [0.1, 0.15) is 45.9 Å². The van der Waals surface area contributed by atoms with Crippen molar-refractivity contribution in [3.05, 3.63) is 24.0 Å². The molecule has 0 aliphatic carbocycles. The molecule has 0 bridgehead atoms. The van der Waals surface area contributed by atoms with Crippen LogP contribution in [0.3, 0.4) is 0 Å². The molecule has 3 heterocycles. The quantitative estimate of drug-likeness (QED) is 0.724. The Labute approximate surface area is 176 Å². The van der Waals surface area contributed by atoms with Gasteiger partial charge in [-0.1, -0.05) is 20.8 Å². The molecule has 0 saturated carbocycles. The summed E-state index contributed by atoms with van der Waals surface area (Å²) >= 11 is 0. The third-order valence-electron chi connectivity index (χ3n) is 5.94. The van der Waals surface area contributed by atoms with Gasteiger partial charge in [0.2, 0.25) is 10.0 Å². The lowest BCUT2D eigenvalue weighted by molar-refractivity contribution is 0.0183. The second kappa shape index (κ2) is 7.53. The Morgan fingerprint density at radius 3 is 2.53 bits per heavy atom. The fraction of sp³-hybridized carbons (Fsp3) is 0.667. The second-order valence-electron chi connectivity index (χ2n) is 9.45. The van der Waals surface area contributed by atoms with E-state index in [9.17, 15) is 17.2 Å². The third-order valence-corrected chi connectivity index (χ3v) is 7.79. The van der Waals surface area contributed by atoms with Crippen molar-refractivity contribution >= 4 is 21.1 Å². The maximum atomic E-state index is 13.6. The fourth-order valence-corrected chi connectivity index (χ4v) is 5.76. The summed E-state index contributed by atoms with van der Waals surface area (Å²) in [6, 6.07) is 4.80. The third kappa shape index (κ3) is 4.11. The zero-order valence-corrected chi connectivity index (χ0v) is 18.5. The topological polar surface area (TPSA) is 64.4 Å². The van der Waals surface area contributed by atoms with Gasteiger partial charge in [0.15, 0.2) is 0 Å². The predicted molar refractivity (Wildman–Crippen MR) is 110 cm³/mol. The highest BCUT2D eigenvalue weighted by Gasteiger charge is 2.43. The number of hydrogen-bond donors (Lipinski definition) is 0. The minimum atomic E-state index is -3.98. The summed E-state index contributed by atoms with van der Waals surface area (Å²) in [5, 5.41) is 0. The molecule has 0 N–H and O–H groups in total. The Morgan fingerprint density at radius 2 is 1.93 bits per heavy atom. The first-order valence-electron chi connectivity index (χ1n) is 10.4. The number of ether oxygens (including phenoxy) is 1. The Bertz CT molecular complexity index is 1040. The van der Waals surface area contributed by atoms with Gasteiger partial charge in [0.1, 0.15) is 5.82 Å². The van der Waals surface area contributed by atoms with Gasteiger partial charge >= 0.3 is 0 Å². The van der Waals surface area contributed by atoms with E-state index in [1.165, 1.54) is 12.1 Å². The Morgan fingerprint density at radius 1 is 1.23 bits per heavy atom. The van der Waals surface area contributed by atoms with Gasteiger partial charge < -0.3 is 9.30 Å². The van der Waals surface area contributed by atoms with Gasteiger partial charge in [-0.2, -0.15) is 4.31 Å². The maximum absolute atomic E-state index is 13.6. The molecule has 2 aliphatic rings. The van der Waals surface area contributed by atoms with E-state index in [4.69, 9.17) is 9.72 Å². The molecule has 0 spiro atoms. The van der Waals surface area contributed by atoms with Crippen LogP contribution >= 0.6 is 0 Å². The molecular weight excluding hydrogens is 412 g/mol. The first kappa shape index (κ1) is 21.6. The van der Waals surface area contributed by atoms with Crippen LogP contribution in [-0.2, 0) is 26.7 Å². The van der Waals surface area contributed by atoms with Gasteiger partial charge in [-0.25, -0.2) is 22.2 Å². The number of aromatic nitrogens is 2. The lowest BCUT2D eigenvalue weighted by Crippen LogP contribution is -2.31. The number of nitrogens with zero attached hydrogens (tertiary/aromatic N) is 3. The second-order valence-corrected chi connectivity index (χ2v) is 11.4. The van der Waals surface area contributed by atoms with Crippen LogP contribution in [-0.4, -0.2) is 54.5 Å². The van der Waals surface area contributed by atoms with Crippen molar-refractivity contribution in [1.82, 2.24) is 13.9 Å². The number of hydrogen-bond acceptors (Lipinski definition) is 4. The highest BCUT2D eigenvalue weighted by molar-refractivity contribution is 7.89. The molecule has 2 aliphatic heterocycles. The highest BCUT2D eigenvalue weighted by Crippen LogP contribution is 2.34. The summed E-state index contributed by atoms with van der Waals surface area (Å²) < 4.78 is 61.5. The van der Waals surface area contributed by atoms with Crippen molar-refractivity contribution in [3.63, 3.8) is 0 Å². The largest absolute Gasteiger partial charge is 0.381 e. The molecule has 30 heavy (non-hydrogen) atoms. The summed E-state index contributed by atoms with van der Waals surface area (Å²) in [6.45, 7) is 7.63. The molecule has 9 heteroatoms. The highest BCUT2D eigenvalue weighted by atomic mass is 32.2. The summed E-state index contributed by atoms with van der Waals surface area (Å²) in [4.78, 5) is 4.80. The van der Waals surface area contributed by atoms with Crippen LogP contribution in [0, 0.1) is 5.92 Å². The van der Waals surface area contributed by atoms with E-state index in [0.29, 0.717) is 11.4 Å². The molecule has 0 unspecified atom stereocenters. The Balaban J connectivity index is 1.73. The first-order chi connectivity index (χ1) is 14.0. The molecule has 166 valence electrons. The molecule has 1 aromatic heterocycles. The molecule has 2 aromatic rings. The zero-order valence-electron chi connectivity index (χ0n) is 17.7. The smallest absolute Gasteiger partial charge is 0.262 e. The van der Waals surface area contributed by atoms with Crippen molar-refractivity contribution in [2.75, 3.05) is 26.3 Å². The van der Waals surface area contributed by atoms with Crippen LogP contribution in [0.25, 0.3) is 11.0 Å². The average molecular weight is 442 g/mol. The van der Waals surface area contributed by atoms with Crippen LogP contribution in [0.2, 0.25) is 0 Å². The van der Waals surface area contributed by atoms with Crippen molar-refractivity contribution in [3.8, 4) is 0 Å². The van der Waals surface area contributed by atoms with E-state index in [-0.39, 0.29) is 16.9 Å². The van der Waals surface area contributed by atoms with Crippen LogP contribution in [0.5, 0.6) is 0 Å². The number of fused-ring (bicyclic) bond motifs is 1. The lowest BCUT2D eigenvalue weighted by Gasteiger charge is -2.26. The van der Waals surface area contributed by atoms with Crippen LogP contribution < -0.4 is 0 Å². The monoisotopic (exact) mass is 441 g/mol. The van der Waals surface area contributed by atoms with Gasteiger partial charge in [-0.05, 0) is 37.0 Å². The van der Waals surface area contributed by atoms with E-state index in [0.717, 1.165) is 48.2 Å². The van der Waals surface area contributed by atoms with Gasteiger partial charge in [0.05, 0.1) is 22.5 Å². The Hall–Kier alpha value is -1.58. The summed E-state index contributed by atoms with van der Waals surface area (Å²) in [6.07, 6.45) is 1.53. The van der Waals surface area contributed by atoms with Gasteiger partial charge in [-0.15, -0.1) is 0 Å². The number of sulfonamides is 1. The molecule has 1 aromatic carbocycles. The van der Waals surface area contributed by atoms with Crippen molar-refractivity contribution in [1.29, 1.82) is 0 Å². The predicted octanol–water partition coefficient (Wildman–Crippen LogP) is 3.79. The van der Waals surface area contributed by atoms with E-state index in [1.54, 1.807) is 6.07 Å². The average Bonchev–Trinajstić information content (AvgIpc) is 3.22. The van der Waals surface area contributed by atoms with E-state index in [1.807, 2.05) is 0 Å². The van der Waals surface area contributed by atoms with Gasteiger partial charge in [-0.3, -0.25) is 0 Å². The standard InChI is InChI=1S/C21H29F2N3O3S/c1-20(2,3)19-24-17-12-16(30(27,28)25-9-8-21(22,23)14-25)4-5-18(17)26(19)13-15-6-10-29-11-7-15/h4-5,12,15H,6-11,13-14H2,1-3H3. The molecule has 2 fully saturated rings. The fourth-order valence-electron chi connectivity index (χ4n) is 4.27. The zero-order chi connectivity index (χ0) is 21.7. The maximum Gasteiger partial charge on any atom is 0.262 e. The van der Waals surface area contributed by atoms with Crippen molar-refractivity contribution in [2.45, 2.75) is 62.8 Å². The molecule has 4 rings (SSSR count). The molecule has 0 radical (unpaired) electrons. The number of rotatable bonds is 4. The van der Waals surface area contributed by atoms with E-state index >= 15 is 0 Å². The Kier molecular flexibility index (Phi) is 5.43.